The van der Waals surface area contributed by atoms with Crippen LogP contribution in [0.3, 0.4) is 0 Å². The predicted octanol–water partition coefficient (Wildman–Crippen LogP) is 6.09. The van der Waals surface area contributed by atoms with Gasteiger partial charge in [-0.25, -0.2) is 9.37 Å². The molecule has 1 aromatic carbocycles. The number of rotatable bonds is 6. The van der Waals surface area contributed by atoms with Gasteiger partial charge in [-0.2, -0.15) is 13.2 Å². The molecule has 8 nitrogen and oxygen atoms in total. The van der Waals surface area contributed by atoms with Gasteiger partial charge in [-0.1, -0.05) is 31.9 Å². The highest BCUT2D eigenvalue weighted by Gasteiger charge is 2.34. The fraction of sp³-hybridized carbons (Fsp3) is 0.361. The van der Waals surface area contributed by atoms with Crippen LogP contribution in [0.5, 0.6) is 0 Å². The van der Waals surface area contributed by atoms with Crippen LogP contribution in [0.4, 0.5) is 28.9 Å². The number of alkyl halides is 4. The van der Waals surface area contributed by atoms with Crippen molar-refractivity contribution in [3.05, 3.63) is 95.0 Å². The molecule has 48 heavy (non-hydrogen) atoms. The van der Waals surface area contributed by atoms with E-state index in [4.69, 9.17) is 0 Å². The lowest BCUT2D eigenvalue weighted by molar-refractivity contribution is -0.138. The Morgan fingerprint density at radius 2 is 1.92 bits per heavy atom. The Morgan fingerprint density at radius 3 is 2.67 bits per heavy atom. The van der Waals surface area contributed by atoms with Crippen molar-refractivity contribution < 1.29 is 22.4 Å². The Bertz CT molecular complexity index is 1880. The number of aliphatic imine (C=N–C) groups is 1. The first-order valence-corrected chi connectivity index (χ1v) is 15.8. The third kappa shape index (κ3) is 7.37. The molecule has 3 aromatic rings. The van der Waals surface area contributed by atoms with Crippen LogP contribution in [-0.2, 0) is 17.5 Å². The Hall–Kier alpha value is -4.73. The van der Waals surface area contributed by atoms with Gasteiger partial charge in [0.1, 0.15) is 5.69 Å². The van der Waals surface area contributed by atoms with Gasteiger partial charge in [0.05, 0.1) is 17.4 Å². The number of pyridine rings is 1. The van der Waals surface area contributed by atoms with Gasteiger partial charge >= 0.3 is 6.18 Å². The van der Waals surface area contributed by atoms with Gasteiger partial charge in [0.15, 0.2) is 18.0 Å². The average Bonchev–Trinajstić information content (AvgIpc) is 3.46. The van der Waals surface area contributed by atoms with Crippen molar-refractivity contribution in [3.63, 3.8) is 0 Å². The summed E-state index contributed by atoms with van der Waals surface area (Å²) in [4.78, 5) is 26.1. The molecule has 1 fully saturated rings. The van der Waals surface area contributed by atoms with Crippen LogP contribution in [0.1, 0.15) is 37.1 Å². The number of allylic oxidation sites excluding steroid dienone is 3. The maximum absolute atomic E-state index is 14.3. The zero-order valence-corrected chi connectivity index (χ0v) is 27.0. The maximum atomic E-state index is 14.3. The fourth-order valence-corrected chi connectivity index (χ4v) is 5.86. The lowest BCUT2D eigenvalue weighted by Gasteiger charge is -2.33. The van der Waals surface area contributed by atoms with Crippen molar-refractivity contribution >= 4 is 29.1 Å². The molecule has 0 saturated carbocycles. The summed E-state index contributed by atoms with van der Waals surface area (Å²) in [6.45, 7) is 7.20. The number of hydrogen-bond donors (Lipinski definition) is 2. The second kappa shape index (κ2) is 13.4. The number of benzene rings is 1. The summed E-state index contributed by atoms with van der Waals surface area (Å²) in [6.07, 6.45) is 5.34. The molecule has 0 radical (unpaired) electrons. The number of anilines is 2. The number of halogens is 4. The Labute approximate surface area is 276 Å². The highest BCUT2D eigenvalue weighted by molar-refractivity contribution is 6.06. The first-order valence-electron chi connectivity index (χ1n) is 15.8. The molecule has 2 aromatic heterocycles. The topological polar surface area (TPSA) is 77.3 Å². The van der Waals surface area contributed by atoms with Crippen molar-refractivity contribution in [1.29, 1.82) is 0 Å². The average molecular weight is 660 g/mol. The Balaban J connectivity index is 1.19. The molecule has 4 heterocycles. The number of nitrogens with one attached hydrogen (secondary N) is 2. The van der Waals surface area contributed by atoms with E-state index < -0.39 is 30.0 Å². The number of carbonyl (C=O) groups is 1. The van der Waals surface area contributed by atoms with Crippen LogP contribution in [0.2, 0.25) is 0 Å². The molecular weight excluding hydrogens is 622 g/mol. The molecule has 1 saturated heterocycles. The normalized spacial score (nSPS) is 21.3. The number of nitrogens with zero attached hydrogens (tertiary/aromatic N) is 5. The monoisotopic (exact) mass is 659 g/mol. The zero-order chi connectivity index (χ0) is 34.1. The van der Waals surface area contributed by atoms with Gasteiger partial charge in [0.25, 0.3) is 5.91 Å². The number of dihydropyridines is 1. The van der Waals surface area contributed by atoms with Crippen LogP contribution in [0.15, 0.2) is 83.2 Å². The standard InChI is InChI=1S/C36H37F4N7O/c1-35(2)13-12-24(34(48)43-27-10-8-25(29(21-27)36(38,39)40)23-46-18-16-45(3)17-19-46)20-26(35)9-11-28-22-42-33-31(7-5-15-47(28)33)44-32-30(37)6-4-14-41-32/h4-8,10,12,14-15,20-22,30,32,44H,13,16-19,23H2,1-3H3,(H,43,48). The highest BCUT2D eigenvalue weighted by Crippen LogP contribution is 2.37. The third-order valence-electron chi connectivity index (χ3n) is 8.88. The van der Waals surface area contributed by atoms with E-state index in [1.807, 2.05) is 25.8 Å². The molecular formula is C36H37F4N7O. The van der Waals surface area contributed by atoms with E-state index >= 15 is 0 Å². The molecule has 3 aliphatic rings. The van der Waals surface area contributed by atoms with Gasteiger partial charge in [0.2, 0.25) is 0 Å². The zero-order valence-electron chi connectivity index (χ0n) is 27.0. The number of likely N-dealkylation sites (N-methyl/N-ethyl adjacent to an activating group) is 1. The number of piperazine rings is 1. The fourth-order valence-electron chi connectivity index (χ4n) is 5.86. The molecule has 2 unspecified atom stereocenters. The predicted molar refractivity (Wildman–Crippen MR) is 179 cm³/mol. The minimum Gasteiger partial charge on any atom is -0.358 e. The second-order valence-corrected chi connectivity index (χ2v) is 12.9. The lowest BCUT2D eigenvalue weighted by Crippen LogP contribution is -2.44. The molecule has 12 heteroatoms. The highest BCUT2D eigenvalue weighted by atomic mass is 19.4. The number of hydrogen-bond acceptors (Lipinski definition) is 6. The van der Waals surface area contributed by atoms with E-state index in [1.54, 1.807) is 53.4 Å². The number of aromatic nitrogens is 2. The summed E-state index contributed by atoms with van der Waals surface area (Å²) in [7, 11) is 2.00. The van der Waals surface area contributed by atoms with Crippen LogP contribution < -0.4 is 10.6 Å². The smallest absolute Gasteiger partial charge is 0.358 e. The molecule has 2 aliphatic heterocycles. The van der Waals surface area contributed by atoms with Gasteiger partial charge in [-0.3, -0.25) is 19.1 Å². The first-order chi connectivity index (χ1) is 22.9. The summed E-state index contributed by atoms with van der Waals surface area (Å²) in [5.41, 5.74) is 1.89. The van der Waals surface area contributed by atoms with E-state index in [-0.39, 0.29) is 23.2 Å². The number of amides is 1. The SMILES string of the molecule is CN1CCN(Cc2ccc(NC(=O)C3=CCC(C)(C)C(C#Cc4cnc5c(NC6N=CC=CC6F)cccn45)=C3)cc2C(F)(F)F)CC1. The van der Waals surface area contributed by atoms with E-state index in [1.165, 1.54) is 18.2 Å². The summed E-state index contributed by atoms with van der Waals surface area (Å²) in [5, 5.41) is 5.76. The minimum atomic E-state index is -4.56. The van der Waals surface area contributed by atoms with E-state index in [2.05, 4.69) is 37.4 Å². The Morgan fingerprint density at radius 1 is 1.12 bits per heavy atom. The van der Waals surface area contributed by atoms with Gasteiger partial charge < -0.3 is 15.5 Å². The molecule has 1 amide bonds. The second-order valence-electron chi connectivity index (χ2n) is 12.9. The van der Waals surface area contributed by atoms with Crippen LogP contribution in [0, 0.1) is 17.3 Å². The summed E-state index contributed by atoms with van der Waals surface area (Å²) >= 11 is 0. The first kappa shape index (κ1) is 33.2. The number of imidazole rings is 1. The summed E-state index contributed by atoms with van der Waals surface area (Å²) < 4.78 is 58.4. The van der Waals surface area contributed by atoms with Crippen LogP contribution >= 0.6 is 0 Å². The number of fused-ring (bicyclic) bond motifs is 1. The minimum absolute atomic E-state index is 0.0744. The maximum Gasteiger partial charge on any atom is 0.416 e. The van der Waals surface area contributed by atoms with Crippen molar-refractivity contribution in [2.75, 3.05) is 43.9 Å². The van der Waals surface area contributed by atoms with E-state index in [0.29, 0.717) is 47.7 Å². The van der Waals surface area contributed by atoms with Crippen molar-refractivity contribution in [1.82, 2.24) is 19.2 Å². The third-order valence-corrected chi connectivity index (χ3v) is 8.88. The van der Waals surface area contributed by atoms with E-state index in [0.717, 1.165) is 19.2 Å². The van der Waals surface area contributed by atoms with E-state index in [9.17, 15) is 22.4 Å². The van der Waals surface area contributed by atoms with Crippen LogP contribution in [0.25, 0.3) is 5.65 Å². The molecule has 250 valence electrons. The largest absolute Gasteiger partial charge is 0.416 e. The molecule has 0 spiro atoms. The Kier molecular flexibility index (Phi) is 9.27. The van der Waals surface area contributed by atoms with Crippen molar-refractivity contribution in [2.24, 2.45) is 10.4 Å². The van der Waals surface area contributed by atoms with Crippen molar-refractivity contribution in [2.45, 2.75) is 45.3 Å². The van der Waals surface area contributed by atoms with Crippen LogP contribution in [-0.4, -0.2) is 76.9 Å². The van der Waals surface area contributed by atoms with Gasteiger partial charge in [-0.15, -0.1) is 0 Å². The van der Waals surface area contributed by atoms with Gasteiger partial charge in [0, 0.05) is 67.4 Å². The quantitative estimate of drug-likeness (QED) is 0.248. The lowest BCUT2D eigenvalue weighted by atomic mass is 9.76. The molecule has 6 rings (SSSR count). The molecule has 2 N–H and O–H groups in total. The molecule has 1 aliphatic carbocycles. The van der Waals surface area contributed by atoms with Crippen molar-refractivity contribution in [3.8, 4) is 11.8 Å². The number of carbonyl (C=O) groups excluding carboxylic acids is 1. The summed E-state index contributed by atoms with van der Waals surface area (Å²) in [5.74, 6) is 5.85. The summed E-state index contributed by atoms with van der Waals surface area (Å²) in [6, 6.07) is 7.58. The van der Waals surface area contributed by atoms with Gasteiger partial charge in [-0.05, 0) is 67.4 Å². The molecule has 0 bridgehead atoms. The molecule has 2 atom stereocenters.